The second-order valence-electron chi connectivity index (χ2n) is 7.63. The molecule has 5 nitrogen and oxygen atoms in total. The summed E-state index contributed by atoms with van der Waals surface area (Å²) in [6.45, 7) is 7.43. The van der Waals surface area contributed by atoms with E-state index in [1.54, 1.807) is 36.4 Å². The molecule has 3 rings (SSSR count). The first-order chi connectivity index (χ1) is 14.7. The Morgan fingerprint density at radius 3 is 2.26 bits per heavy atom. The monoisotopic (exact) mass is 436 g/mol. The van der Waals surface area contributed by atoms with Gasteiger partial charge in [0.15, 0.2) is 0 Å². The summed E-state index contributed by atoms with van der Waals surface area (Å²) in [6, 6.07) is 19.6. The van der Waals surface area contributed by atoms with Crippen LogP contribution in [0, 0.1) is 20.8 Å². The summed E-state index contributed by atoms with van der Waals surface area (Å²) < 4.78 is 28.2. The summed E-state index contributed by atoms with van der Waals surface area (Å²) >= 11 is 0. The second-order valence-corrected chi connectivity index (χ2v) is 9.49. The van der Waals surface area contributed by atoms with Crippen molar-refractivity contribution in [2.75, 3.05) is 16.2 Å². The largest absolute Gasteiger partial charge is 0.324 e. The molecule has 0 aliphatic carbocycles. The van der Waals surface area contributed by atoms with Crippen LogP contribution in [0.4, 0.5) is 11.4 Å². The highest BCUT2D eigenvalue weighted by atomic mass is 32.2. The zero-order chi connectivity index (χ0) is 22.6. The lowest BCUT2D eigenvalue weighted by Gasteiger charge is -2.26. The SMILES string of the molecule is CCc1cccc(C)c1NC(=O)CN(c1ccc(C)cc1C)S(=O)(=O)c1ccccc1. The van der Waals surface area contributed by atoms with Gasteiger partial charge in [-0.3, -0.25) is 9.10 Å². The molecule has 0 aromatic heterocycles. The summed E-state index contributed by atoms with van der Waals surface area (Å²) in [7, 11) is -3.93. The Balaban J connectivity index is 2.01. The molecule has 1 amide bonds. The lowest BCUT2D eigenvalue weighted by Crippen LogP contribution is -2.38. The van der Waals surface area contributed by atoms with Crippen LogP contribution in [0.5, 0.6) is 0 Å². The number of para-hydroxylation sites is 1. The van der Waals surface area contributed by atoms with E-state index in [-0.39, 0.29) is 17.3 Å². The van der Waals surface area contributed by atoms with Crippen LogP contribution in [0.2, 0.25) is 0 Å². The van der Waals surface area contributed by atoms with Gasteiger partial charge in [-0.15, -0.1) is 0 Å². The smallest absolute Gasteiger partial charge is 0.264 e. The molecule has 0 spiro atoms. The van der Waals surface area contributed by atoms with E-state index in [4.69, 9.17) is 0 Å². The fraction of sp³-hybridized carbons (Fsp3) is 0.240. The van der Waals surface area contributed by atoms with Gasteiger partial charge in [0.25, 0.3) is 10.0 Å². The lowest BCUT2D eigenvalue weighted by molar-refractivity contribution is -0.114. The van der Waals surface area contributed by atoms with Gasteiger partial charge in [-0.1, -0.05) is 61.0 Å². The van der Waals surface area contributed by atoms with Crippen LogP contribution < -0.4 is 9.62 Å². The number of hydrogen-bond donors (Lipinski definition) is 1. The Morgan fingerprint density at radius 2 is 1.61 bits per heavy atom. The quantitative estimate of drug-likeness (QED) is 0.566. The maximum atomic E-state index is 13.5. The Bertz CT molecular complexity index is 1190. The number of nitrogens with one attached hydrogen (secondary N) is 1. The van der Waals surface area contributed by atoms with Gasteiger partial charge in [0.05, 0.1) is 10.6 Å². The van der Waals surface area contributed by atoms with Gasteiger partial charge in [-0.2, -0.15) is 0 Å². The number of aryl methyl sites for hydroxylation is 4. The van der Waals surface area contributed by atoms with Gasteiger partial charge >= 0.3 is 0 Å². The van der Waals surface area contributed by atoms with Gasteiger partial charge in [-0.25, -0.2) is 8.42 Å². The third-order valence-corrected chi connectivity index (χ3v) is 7.02. The molecule has 0 aliphatic heterocycles. The number of anilines is 2. The number of nitrogens with zero attached hydrogens (tertiary/aromatic N) is 1. The zero-order valence-corrected chi connectivity index (χ0v) is 19.2. The molecule has 1 N–H and O–H groups in total. The van der Waals surface area contributed by atoms with Crippen molar-refractivity contribution >= 4 is 27.3 Å². The van der Waals surface area contributed by atoms with E-state index in [9.17, 15) is 13.2 Å². The van der Waals surface area contributed by atoms with Crippen molar-refractivity contribution in [3.8, 4) is 0 Å². The molecule has 0 saturated heterocycles. The predicted octanol–water partition coefficient (Wildman–Crippen LogP) is 5.01. The number of amides is 1. The molecule has 0 unspecified atom stereocenters. The van der Waals surface area contributed by atoms with E-state index < -0.39 is 10.0 Å². The fourth-order valence-corrected chi connectivity index (χ4v) is 5.12. The third-order valence-electron chi connectivity index (χ3n) is 5.24. The number of carbonyl (C=O) groups excluding carboxylic acids is 1. The fourth-order valence-electron chi connectivity index (χ4n) is 3.62. The average Bonchev–Trinajstić information content (AvgIpc) is 2.74. The highest BCUT2D eigenvalue weighted by Gasteiger charge is 2.28. The molecule has 31 heavy (non-hydrogen) atoms. The van der Waals surface area contributed by atoms with E-state index >= 15 is 0 Å². The molecule has 0 atom stereocenters. The van der Waals surface area contributed by atoms with Crippen LogP contribution in [0.3, 0.4) is 0 Å². The first-order valence-electron chi connectivity index (χ1n) is 10.3. The Kier molecular flexibility index (Phi) is 6.81. The summed E-state index contributed by atoms with van der Waals surface area (Å²) in [5, 5.41) is 2.94. The molecule has 0 bridgehead atoms. The Hall–Kier alpha value is -3.12. The molecule has 6 heteroatoms. The maximum absolute atomic E-state index is 13.5. The number of carbonyl (C=O) groups is 1. The first-order valence-corrected chi connectivity index (χ1v) is 11.7. The molecular weight excluding hydrogens is 408 g/mol. The molecule has 0 fully saturated rings. The van der Waals surface area contributed by atoms with E-state index in [1.807, 2.05) is 58.0 Å². The summed E-state index contributed by atoms with van der Waals surface area (Å²) in [4.78, 5) is 13.2. The number of rotatable bonds is 7. The molecule has 0 saturated carbocycles. The minimum atomic E-state index is -3.93. The molecule has 0 radical (unpaired) electrons. The van der Waals surface area contributed by atoms with E-state index in [0.717, 1.165) is 34.4 Å². The van der Waals surface area contributed by atoms with Crippen LogP contribution in [-0.4, -0.2) is 20.9 Å². The molecule has 0 aliphatic rings. The van der Waals surface area contributed by atoms with Crippen molar-refractivity contribution in [2.45, 2.75) is 39.0 Å². The zero-order valence-electron chi connectivity index (χ0n) is 18.3. The van der Waals surface area contributed by atoms with Gasteiger partial charge in [0.1, 0.15) is 6.54 Å². The van der Waals surface area contributed by atoms with Crippen molar-refractivity contribution in [3.05, 3.63) is 89.0 Å². The molecular formula is C25H28N2O3S. The van der Waals surface area contributed by atoms with Crippen LogP contribution in [-0.2, 0) is 21.2 Å². The summed E-state index contributed by atoms with van der Waals surface area (Å²) in [6.07, 6.45) is 0.764. The van der Waals surface area contributed by atoms with Crippen LogP contribution in [0.25, 0.3) is 0 Å². The van der Waals surface area contributed by atoms with Crippen molar-refractivity contribution in [1.29, 1.82) is 0 Å². The first kappa shape index (κ1) is 22.6. The molecule has 3 aromatic carbocycles. The van der Waals surface area contributed by atoms with Gasteiger partial charge in [0.2, 0.25) is 5.91 Å². The minimum Gasteiger partial charge on any atom is -0.324 e. The standard InChI is InChI=1S/C25H28N2O3S/c1-5-21-11-9-10-19(3)25(21)26-24(28)17-27(23-15-14-18(2)16-20(23)4)31(29,30)22-12-7-6-8-13-22/h6-16H,5,17H2,1-4H3,(H,26,28). The molecule has 162 valence electrons. The maximum Gasteiger partial charge on any atom is 0.264 e. The van der Waals surface area contributed by atoms with Gasteiger partial charge < -0.3 is 5.32 Å². The number of benzene rings is 3. The van der Waals surface area contributed by atoms with Crippen LogP contribution >= 0.6 is 0 Å². The topological polar surface area (TPSA) is 66.5 Å². The van der Waals surface area contributed by atoms with Crippen LogP contribution in [0.1, 0.15) is 29.2 Å². The van der Waals surface area contributed by atoms with Crippen molar-refractivity contribution in [2.24, 2.45) is 0 Å². The van der Waals surface area contributed by atoms with Crippen LogP contribution in [0.15, 0.2) is 71.6 Å². The lowest BCUT2D eigenvalue weighted by atomic mass is 10.1. The normalized spacial score (nSPS) is 11.2. The average molecular weight is 437 g/mol. The van der Waals surface area contributed by atoms with Gasteiger partial charge in [-0.05, 0) is 62.1 Å². The van der Waals surface area contributed by atoms with E-state index in [0.29, 0.717) is 5.69 Å². The number of hydrogen-bond acceptors (Lipinski definition) is 3. The highest BCUT2D eigenvalue weighted by molar-refractivity contribution is 7.92. The molecule has 3 aromatic rings. The predicted molar refractivity (Wildman–Crippen MR) is 126 cm³/mol. The molecule has 0 heterocycles. The van der Waals surface area contributed by atoms with E-state index in [2.05, 4.69) is 5.32 Å². The van der Waals surface area contributed by atoms with Gasteiger partial charge in [0, 0.05) is 5.69 Å². The summed E-state index contributed by atoms with van der Waals surface area (Å²) in [5.74, 6) is -0.386. The second kappa shape index (κ2) is 9.35. The highest BCUT2D eigenvalue weighted by Crippen LogP contribution is 2.28. The van der Waals surface area contributed by atoms with Crippen molar-refractivity contribution in [1.82, 2.24) is 0 Å². The third kappa shape index (κ3) is 4.97. The van der Waals surface area contributed by atoms with E-state index in [1.165, 1.54) is 4.31 Å². The minimum absolute atomic E-state index is 0.146. The van der Waals surface area contributed by atoms with Crippen molar-refractivity contribution < 1.29 is 13.2 Å². The van der Waals surface area contributed by atoms with Crippen molar-refractivity contribution in [3.63, 3.8) is 0 Å². The summed E-state index contributed by atoms with van der Waals surface area (Å²) in [5.41, 5.74) is 5.00. The Morgan fingerprint density at radius 1 is 0.903 bits per heavy atom. The Labute approximate surface area is 184 Å². The number of sulfonamides is 1.